The summed E-state index contributed by atoms with van der Waals surface area (Å²) in [6.07, 6.45) is 1.93. The maximum Gasteiger partial charge on any atom is 0.0705 e. The van der Waals surface area contributed by atoms with E-state index in [-0.39, 0.29) is 0 Å². The maximum absolute atomic E-state index is 4.52. The second-order valence-corrected chi connectivity index (χ2v) is 4.84. The van der Waals surface area contributed by atoms with Crippen molar-refractivity contribution in [1.29, 1.82) is 0 Å². The molecule has 0 saturated heterocycles. The van der Waals surface area contributed by atoms with Crippen molar-refractivity contribution < 1.29 is 0 Å². The zero-order valence-electron chi connectivity index (χ0n) is 11.3. The average Bonchev–Trinajstić information content (AvgIpc) is 2.32. The molecular weight excluding hydrogens is 206 g/mol. The van der Waals surface area contributed by atoms with E-state index in [1.165, 1.54) is 33.4 Å². The molecule has 88 valence electrons. The van der Waals surface area contributed by atoms with Crippen molar-refractivity contribution in [2.45, 2.75) is 34.6 Å². The van der Waals surface area contributed by atoms with Gasteiger partial charge in [-0.05, 0) is 74.6 Å². The minimum atomic E-state index is 1.07. The smallest absolute Gasteiger partial charge is 0.0705 e. The summed E-state index contributed by atoms with van der Waals surface area (Å²) in [4.78, 5) is 4.52. The molecule has 0 fully saturated rings. The van der Waals surface area contributed by atoms with Gasteiger partial charge in [0.2, 0.25) is 0 Å². The largest absolute Gasteiger partial charge is 0.256 e. The lowest BCUT2D eigenvalue weighted by molar-refractivity contribution is 1.19. The Labute approximate surface area is 104 Å². The Morgan fingerprint density at radius 2 is 1.53 bits per heavy atom. The second kappa shape index (κ2) is 4.33. The van der Waals surface area contributed by atoms with Gasteiger partial charge in [-0.15, -0.1) is 0 Å². The van der Waals surface area contributed by atoms with Gasteiger partial charge in [0.05, 0.1) is 5.69 Å². The number of hydrogen-bond acceptors (Lipinski definition) is 1. The van der Waals surface area contributed by atoms with E-state index in [0.717, 1.165) is 5.69 Å². The molecule has 0 spiro atoms. The molecule has 17 heavy (non-hydrogen) atoms. The number of hydrogen-bond donors (Lipinski definition) is 0. The van der Waals surface area contributed by atoms with Crippen molar-refractivity contribution in [3.63, 3.8) is 0 Å². The van der Waals surface area contributed by atoms with Crippen LogP contribution < -0.4 is 0 Å². The molecule has 2 aromatic rings. The third kappa shape index (κ3) is 2.10. The molecule has 1 heterocycles. The van der Waals surface area contributed by atoms with E-state index in [1.807, 2.05) is 6.20 Å². The molecule has 0 saturated carbocycles. The zero-order chi connectivity index (χ0) is 12.6. The van der Waals surface area contributed by atoms with Crippen LogP contribution in [0.1, 0.15) is 27.8 Å². The molecular formula is C16H19N. The number of benzene rings is 1. The fraction of sp³-hybridized carbons (Fsp3) is 0.312. The first-order valence-corrected chi connectivity index (χ1v) is 6.01. The average molecular weight is 225 g/mol. The molecule has 0 radical (unpaired) electrons. The first-order chi connectivity index (χ1) is 8.00. The van der Waals surface area contributed by atoms with Crippen molar-refractivity contribution in [1.82, 2.24) is 4.98 Å². The lowest BCUT2D eigenvalue weighted by Gasteiger charge is -2.14. The van der Waals surface area contributed by atoms with Crippen molar-refractivity contribution in [2.24, 2.45) is 0 Å². The predicted octanol–water partition coefficient (Wildman–Crippen LogP) is 4.29. The Kier molecular flexibility index (Phi) is 3.01. The highest BCUT2D eigenvalue weighted by Crippen LogP contribution is 2.28. The highest BCUT2D eigenvalue weighted by Gasteiger charge is 2.09. The van der Waals surface area contributed by atoms with Crippen LogP contribution in [0.25, 0.3) is 11.3 Å². The molecule has 0 bridgehead atoms. The standard InChI is InChI=1S/C16H19N/c1-10-6-7-16(17-9-10)15-8-11(2)12(3)13(4)14(15)5/h6-9H,1-5H3. The number of rotatable bonds is 1. The van der Waals surface area contributed by atoms with Gasteiger partial charge in [-0.25, -0.2) is 0 Å². The van der Waals surface area contributed by atoms with Gasteiger partial charge >= 0.3 is 0 Å². The van der Waals surface area contributed by atoms with Gasteiger partial charge in [0.1, 0.15) is 0 Å². The van der Waals surface area contributed by atoms with E-state index < -0.39 is 0 Å². The predicted molar refractivity (Wildman–Crippen MR) is 73.4 cm³/mol. The highest BCUT2D eigenvalue weighted by atomic mass is 14.7. The summed E-state index contributed by atoms with van der Waals surface area (Å²) in [5.41, 5.74) is 8.97. The lowest BCUT2D eigenvalue weighted by Crippen LogP contribution is -1.96. The Balaban J connectivity index is 2.64. The highest BCUT2D eigenvalue weighted by molar-refractivity contribution is 5.67. The molecule has 1 heteroatoms. The van der Waals surface area contributed by atoms with Crippen molar-refractivity contribution in [2.75, 3.05) is 0 Å². The molecule has 0 aliphatic heterocycles. The number of nitrogens with zero attached hydrogens (tertiary/aromatic N) is 1. The van der Waals surface area contributed by atoms with Crippen LogP contribution >= 0.6 is 0 Å². The van der Waals surface area contributed by atoms with E-state index >= 15 is 0 Å². The molecule has 0 N–H and O–H groups in total. The molecule has 0 aliphatic carbocycles. The fourth-order valence-corrected chi connectivity index (χ4v) is 2.11. The summed E-state index contributed by atoms with van der Waals surface area (Å²) >= 11 is 0. The van der Waals surface area contributed by atoms with Crippen LogP contribution in [-0.4, -0.2) is 4.98 Å². The Bertz CT molecular complexity index is 551. The first kappa shape index (κ1) is 11.8. The molecule has 0 atom stereocenters. The number of pyridine rings is 1. The molecule has 1 aromatic heterocycles. The topological polar surface area (TPSA) is 12.9 Å². The van der Waals surface area contributed by atoms with Gasteiger partial charge in [0.15, 0.2) is 0 Å². The number of aryl methyl sites for hydroxylation is 2. The summed E-state index contributed by atoms with van der Waals surface area (Å²) in [5.74, 6) is 0. The van der Waals surface area contributed by atoms with Crippen LogP contribution in [0.5, 0.6) is 0 Å². The van der Waals surface area contributed by atoms with E-state index in [4.69, 9.17) is 0 Å². The fourth-order valence-electron chi connectivity index (χ4n) is 2.11. The van der Waals surface area contributed by atoms with Crippen LogP contribution in [0.15, 0.2) is 24.4 Å². The van der Waals surface area contributed by atoms with Crippen LogP contribution in [0.2, 0.25) is 0 Å². The van der Waals surface area contributed by atoms with Gasteiger partial charge in [-0.3, -0.25) is 4.98 Å². The third-order valence-electron chi connectivity index (χ3n) is 3.67. The minimum Gasteiger partial charge on any atom is -0.256 e. The Morgan fingerprint density at radius 1 is 0.824 bits per heavy atom. The summed E-state index contributed by atoms with van der Waals surface area (Å²) in [5, 5.41) is 0. The van der Waals surface area contributed by atoms with Crippen LogP contribution in [0, 0.1) is 34.6 Å². The maximum atomic E-state index is 4.52. The summed E-state index contributed by atoms with van der Waals surface area (Å²) in [7, 11) is 0. The molecule has 1 aromatic carbocycles. The quantitative estimate of drug-likeness (QED) is 0.705. The second-order valence-electron chi connectivity index (χ2n) is 4.84. The summed E-state index contributed by atoms with van der Waals surface area (Å²) in [6, 6.07) is 6.47. The van der Waals surface area contributed by atoms with Gasteiger partial charge < -0.3 is 0 Å². The Morgan fingerprint density at radius 3 is 2.12 bits per heavy atom. The van der Waals surface area contributed by atoms with Gasteiger partial charge in [0.25, 0.3) is 0 Å². The lowest BCUT2D eigenvalue weighted by atomic mass is 9.93. The molecule has 0 unspecified atom stereocenters. The summed E-state index contributed by atoms with van der Waals surface area (Å²) < 4.78 is 0. The van der Waals surface area contributed by atoms with Crippen molar-refractivity contribution in [3.8, 4) is 11.3 Å². The monoisotopic (exact) mass is 225 g/mol. The van der Waals surface area contributed by atoms with Crippen LogP contribution in [0.3, 0.4) is 0 Å². The van der Waals surface area contributed by atoms with E-state index in [0.29, 0.717) is 0 Å². The van der Waals surface area contributed by atoms with Crippen LogP contribution in [0.4, 0.5) is 0 Å². The zero-order valence-corrected chi connectivity index (χ0v) is 11.3. The van der Waals surface area contributed by atoms with Gasteiger partial charge in [-0.2, -0.15) is 0 Å². The Hall–Kier alpha value is -1.63. The minimum absolute atomic E-state index is 1.07. The van der Waals surface area contributed by atoms with Crippen molar-refractivity contribution in [3.05, 3.63) is 52.2 Å². The van der Waals surface area contributed by atoms with Gasteiger partial charge in [0, 0.05) is 11.8 Å². The van der Waals surface area contributed by atoms with E-state index in [2.05, 4.69) is 57.8 Å². The SMILES string of the molecule is Cc1ccc(-c2cc(C)c(C)c(C)c2C)nc1. The number of aromatic nitrogens is 1. The molecule has 2 rings (SSSR count). The summed E-state index contributed by atoms with van der Waals surface area (Å²) in [6.45, 7) is 10.8. The third-order valence-corrected chi connectivity index (χ3v) is 3.67. The molecule has 0 amide bonds. The normalized spacial score (nSPS) is 10.6. The molecule has 1 nitrogen and oxygen atoms in total. The van der Waals surface area contributed by atoms with Crippen molar-refractivity contribution >= 4 is 0 Å². The van der Waals surface area contributed by atoms with E-state index in [1.54, 1.807) is 0 Å². The van der Waals surface area contributed by atoms with Gasteiger partial charge in [-0.1, -0.05) is 6.07 Å². The molecule has 0 aliphatic rings. The van der Waals surface area contributed by atoms with Crippen LogP contribution in [-0.2, 0) is 0 Å². The first-order valence-electron chi connectivity index (χ1n) is 6.01. The van der Waals surface area contributed by atoms with E-state index in [9.17, 15) is 0 Å².